The summed E-state index contributed by atoms with van der Waals surface area (Å²) in [7, 11) is 0. The second-order valence-electron chi connectivity index (χ2n) is 5.41. The molecule has 0 fully saturated rings. The van der Waals surface area contributed by atoms with Gasteiger partial charge in [-0.25, -0.2) is 0 Å². The molecule has 4 nitrogen and oxygen atoms in total. The zero-order chi connectivity index (χ0) is 16.2. The lowest BCUT2D eigenvalue weighted by molar-refractivity contribution is 0.387. The fourth-order valence-corrected chi connectivity index (χ4v) is 3.80. The van der Waals surface area contributed by atoms with E-state index in [1.807, 2.05) is 25.1 Å². The Morgan fingerprint density at radius 3 is 2.39 bits per heavy atom. The maximum absolute atomic E-state index is 6.22. The molecule has 0 bridgehead atoms. The zero-order valence-electron chi connectivity index (χ0n) is 13.2. The van der Waals surface area contributed by atoms with Crippen LogP contribution < -0.4 is 5.73 Å². The lowest BCUT2D eigenvalue weighted by Gasteiger charge is -2.20. The fourth-order valence-electron chi connectivity index (χ4n) is 2.53. The van der Waals surface area contributed by atoms with Gasteiger partial charge in [-0.1, -0.05) is 47.6 Å². The molecule has 0 aliphatic heterocycles. The number of benzene rings is 2. The number of nitrogens with two attached hydrogens (primary N) is 1. The summed E-state index contributed by atoms with van der Waals surface area (Å²) in [4.78, 5) is 4.28. The number of nitrogens with zero attached hydrogens (tertiary/aromatic N) is 2. The number of rotatable bonds is 5. The molecule has 2 N–H and O–H groups in total. The fraction of sp³-hybridized carbons (Fsp3) is 0.222. The van der Waals surface area contributed by atoms with E-state index < -0.39 is 0 Å². The quantitative estimate of drug-likeness (QED) is 0.709. The lowest BCUT2D eigenvalue weighted by Crippen LogP contribution is -2.03. The highest BCUT2D eigenvalue weighted by atomic mass is 32.2. The summed E-state index contributed by atoms with van der Waals surface area (Å²) in [5, 5.41) is 3.98. The largest absolute Gasteiger partial charge is 0.398 e. The van der Waals surface area contributed by atoms with Gasteiger partial charge in [0, 0.05) is 5.69 Å². The number of thioether (sulfide) groups is 1. The van der Waals surface area contributed by atoms with E-state index in [4.69, 9.17) is 10.3 Å². The van der Waals surface area contributed by atoms with Gasteiger partial charge >= 0.3 is 0 Å². The molecule has 23 heavy (non-hydrogen) atoms. The van der Waals surface area contributed by atoms with Crippen LogP contribution in [-0.4, -0.2) is 10.1 Å². The molecule has 2 aromatic carbocycles. The van der Waals surface area contributed by atoms with Crippen molar-refractivity contribution in [2.75, 3.05) is 5.73 Å². The van der Waals surface area contributed by atoms with Gasteiger partial charge in [-0.05, 0) is 36.6 Å². The normalized spacial score (nSPS) is 12.3. The summed E-state index contributed by atoms with van der Waals surface area (Å²) in [5.74, 6) is 1.95. The molecule has 5 heteroatoms. The molecule has 3 aromatic rings. The topological polar surface area (TPSA) is 64.9 Å². The molecule has 1 heterocycles. The predicted molar refractivity (Wildman–Crippen MR) is 94.2 cm³/mol. The van der Waals surface area contributed by atoms with Crippen LogP contribution in [0.15, 0.2) is 53.1 Å². The summed E-state index contributed by atoms with van der Waals surface area (Å²) >= 11 is 1.75. The van der Waals surface area contributed by atoms with E-state index in [1.54, 1.807) is 11.8 Å². The van der Waals surface area contributed by atoms with Crippen LogP contribution >= 0.6 is 11.8 Å². The molecule has 0 saturated heterocycles. The second kappa shape index (κ2) is 6.87. The molecule has 0 spiro atoms. The van der Waals surface area contributed by atoms with Gasteiger partial charge in [0.25, 0.3) is 0 Å². The third-order valence-electron chi connectivity index (χ3n) is 3.69. The highest BCUT2D eigenvalue weighted by Gasteiger charge is 2.20. The SMILES string of the molecule is Cc1noc(CSC(c2ccccc2C)c2ccccc2N)n1. The van der Waals surface area contributed by atoms with Gasteiger partial charge in [-0.15, -0.1) is 11.8 Å². The van der Waals surface area contributed by atoms with Crippen molar-refractivity contribution in [3.8, 4) is 0 Å². The Bertz CT molecular complexity index is 755. The van der Waals surface area contributed by atoms with Crippen LogP contribution in [0.5, 0.6) is 0 Å². The van der Waals surface area contributed by atoms with Crippen LogP contribution in [0.4, 0.5) is 5.69 Å². The third-order valence-corrected chi connectivity index (χ3v) is 4.95. The van der Waals surface area contributed by atoms with Crippen molar-refractivity contribution in [2.45, 2.75) is 24.9 Å². The van der Waals surface area contributed by atoms with Crippen molar-refractivity contribution in [3.63, 3.8) is 0 Å². The number of hydrogen-bond acceptors (Lipinski definition) is 5. The minimum absolute atomic E-state index is 0.129. The first-order chi connectivity index (χ1) is 11.1. The van der Waals surface area contributed by atoms with Gasteiger partial charge < -0.3 is 10.3 Å². The smallest absolute Gasteiger partial charge is 0.236 e. The van der Waals surface area contributed by atoms with E-state index in [0.29, 0.717) is 17.5 Å². The van der Waals surface area contributed by atoms with E-state index in [-0.39, 0.29) is 5.25 Å². The number of nitrogen functional groups attached to an aromatic ring is 1. The molecule has 1 atom stereocenters. The molecular weight excluding hydrogens is 306 g/mol. The van der Waals surface area contributed by atoms with Crippen LogP contribution in [0, 0.1) is 13.8 Å². The average Bonchev–Trinajstić information content (AvgIpc) is 2.96. The van der Waals surface area contributed by atoms with E-state index >= 15 is 0 Å². The number of aromatic nitrogens is 2. The molecule has 0 amide bonds. The van der Waals surface area contributed by atoms with Crippen molar-refractivity contribution in [1.82, 2.24) is 10.1 Å². The molecule has 118 valence electrons. The van der Waals surface area contributed by atoms with Gasteiger partial charge in [-0.3, -0.25) is 0 Å². The highest BCUT2D eigenvalue weighted by Crippen LogP contribution is 2.41. The van der Waals surface area contributed by atoms with Crippen molar-refractivity contribution in [2.24, 2.45) is 0 Å². The first kappa shape index (κ1) is 15.6. The monoisotopic (exact) mass is 325 g/mol. The van der Waals surface area contributed by atoms with E-state index in [1.165, 1.54) is 11.1 Å². The Kier molecular flexibility index (Phi) is 4.67. The lowest BCUT2D eigenvalue weighted by atomic mass is 9.99. The van der Waals surface area contributed by atoms with Crippen molar-refractivity contribution >= 4 is 17.4 Å². The maximum atomic E-state index is 6.22. The van der Waals surface area contributed by atoms with Gasteiger partial charge in [0.2, 0.25) is 5.89 Å². The summed E-state index contributed by atoms with van der Waals surface area (Å²) < 4.78 is 5.23. The van der Waals surface area contributed by atoms with E-state index in [0.717, 1.165) is 11.3 Å². The first-order valence-corrected chi connectivity index (χ1v) is 8.50. The van der Waals surface area contributed by atoms with Crippen LogP contribution in [0.3, 0.4) is 0 Å². The first-order valence-electron chi connectivity index (χ1n) is 7.46. The standard InChI is InChI=1S/C18H19N3OS/c1-12-7-3-4-8-14(12)18(15-9-5-6-10-16(15)19)23-11-17-20-13(2)21-22-17/h3-10,18H,11,19H2,1-2H3. The number of para-hydroxylation sites is 1. The minimum Gasteiger partial charge on any atom is -0.398 e. The molecular formula is C18H19N3OS. The maximum Gasteiger partial charge on any atom is 0.236 e. The number of hydrogen-bond donors (Lipinski definition) is 1. The van der Waals surface area contributed by atoms with Crippen LogP contribution in [0.2, 0.25) is 0 Å². The Labute approximate surface area is 140 Å². The summed E-state index contributed by atoms with van der Waals surface area (Å²) in [5.41, 5.74) is 10.6. The Morgan fingerprint density at radius 2 is 1.74 bits per heavy atom. The van der Waals surface area contributed by atoms with Crippen LogP contribution in [0.25, 0.3) is 0 Å². The minimum atomic E-state index is 0.129. The van der Waals surface area contributed by atoms with E-state index in [2.05, 4.69) is 47.4 Å². The van der Waals surface area contributed by atoms with Gasteiger partial charge in [0.1, 0.15) is 0 Å². The van der Waals surface area contributed by atoms with Crippen molar-refractivity contribution < 1.29 is 4.52 Å². The third kappa shape index (κ3) is 3.56. The number of anilines is 1. The highest BCUT2D eigenvalue weighted by molar-refractivity contribution is 7.98. The Balaban J connectivity index is 1.93. The summed E-state index contributed by atoms with van der Waals surface area (Å²) in [6.45, 7) is 3.95. The second-order valence-corrected chi connectivity index (χ2v) is 6.51. The van der Waals surface area contributed by atoms with Gasteiger partial charge in [0.15, 0.2) is 5.82 Å². The van der Waals surface area contributed by atoms with Crippen LogP contribution in [0.1, 0.15) is 33.7 Å². The van der Waals surface area contributed by atoms with Gasteiger partial charge in [-0.2, -0.15) is 4.98 Å². The average molecular weight is 325 g/mol. The predicted octanol–water partition coefficient (Wildman–Crippen LogP) is 4.29. The summed E-state index contributed by atoms with van der Waals surface area (Å²) in [6.07, 6.45) is 0. The molecule has 0 saturated carbocycles. The molecule has 0 radical (unpaired) electrons. The molecule has 0 aliphatic carbocycles. The molecule has 0 aliphatic rings. The molecule has 1 aromatic heterocycles. The molecule has 3 rings (SSSR count). The van der Waals surface area contributed by atoms with Gasteiger partial charge in [0.05, 0.1) is 11.0 Å². The Hall–Kier alpha value is -2.27. The van der Waals surface area contributed by atoms with Crippen molar-refractivity contribution in [1.29, 1.82) is 0 Å². The van der Waals surface area contributed by atoms with Crippen molar-refractivity contribution in [3.05, 3.63) is 76.9 Å². The number of aryl methyl sites for hydroxylation is 2. The summed E-state index contributed by atoms with van der Waals surface area (Å²) in [6, 6.07) is 16.4. The van der Waals surface area contributed by atoms with Crippen LogP contribution in [-0.2, 0) is 5.75 Å². The zero-order valence-corrected chi connectivity index (χ0v) is 14.0. The molecule has 1 unspecified atom stereocenters. The van der Waals surface area contributed by atoms with E-state index in [9.17, 15) is 0 Å². The Morgan fingerprint density at radius 1 is 1.04 bits per heavy atom.